The highest BCUT2D eigenvalue weighted by Crippen LogP contribution is 2.29. The predicted molar refractivity (Wildman–Crippen MR) is 113 cm³/mol. The van der Waals surface area contributed by atoms with Crippen LogP contribution >= 0.6 is 23.2 Å². The average Bonchev–Trinajstić information content (AvgIpc) is 3.19. The molecular weight excluding hydrogens is 433 g/mol. The lowest BCUT2D eigenvalue weighted by atomic mass is 10.2. The van der Waals surface area contributed by atoms with Gasteiger partial charge in [-0.2, -0.15) is 10.1 Å². The van der Waals surface area contributed by atoms with Gasteiger partial charge in [-0.25, -0.2) is 9.61 Å². The Morgan fingerprint density at radius 2 is 1.80 bits per heavy atom. The van der Waals surface area contributed by atoms with Gasteiger partial charge in [0.25, 0.3) is 0 Å². The molecule has 4 rings (SSSR count). The molecule has 0 saturated heterocycles. The standard InChI is InChI=1S/C18H13Cl2N7O3/c1-29-11-3-5-14(28)9(6-11)8-21-25-16-15(23-17-18(24-16)27-30-26-17)22-10-2-4-12(19)13(20)7-10/h2-8,28H,1H3,(H,22,23,26)(H,24,25,27). The van der Waals surface area contributed by atoms with Gasteiger partial charge in [-0.3, -0.25) is 5.43 Å². The van der Waals surface area contributed by atoms with Crippen molar-refractivity contribution in [3.63, 3.8) is 0 Å². The van der Waals surface area contributed by atoms with Crippen molar-refractivity contribution in [2.24, 2.45) is 5.10 Å². The van der Waals surface area contributed by atoms with Crippen LogP contribution in [0.5, 0.6) is 11.5 Å². The quantitative estimate of drug-likeness (QED) is 0.294. The van der Waals surface area contributed by atoms with Crippen LogP contribution in [0, 0.1) is 0 Å². The number of nitrogens with zero attached hydrogens (tertiary/aromatic N) is 5. The first kappa shape index (κ1) is 19.7. The molecule has 0 radical (unpaired) electrons. The summed E-state index contributed by atoms with van der Waals surface area (Å²) in [5.74, 6) is 1.15. The largest absolute Gasteiger partial charge is 0.507 e. The van der Waals surface area contributed by atoms with Crippen molar-refractivity contribution in [3.8, 4) is 11.5 Å². The fourth-order valence-corrected chi connectivity index (χ4v) is 2.74. The highest BCUT2D eigenvalue weighted by atomic mass is 35.5. The molecule has 2 heterocycles. The molecule has 30 heavy (non-hydrogen) atoms. The fourth-order valence-electron chi connectivity index (χ4n) is 2.44. The molecule has 12 heteroatoms. The molecule has 4 aromatic rings. The van der Waals surface area contributed by atoms with Crippen LogP contribution in [0.1, 0.15) is 5.56 Å². The molecule has 10 nitrogen and oxygen atoms in total. The van der Waals surface area contributed by atoms with Crippen molar-refractivity contribution in [2.45, 2.75) is 0 Å². The number of nitrogens with one attached hydrogen (secondary N) is 2. The zero-order valence-corrected chi connectivity index (χ0v) is 16.8. The molecule has 0 aliphatic carbocycles. The molecule has 0 amide bonds. The predicted octanol–water partition coefficient (Wildman–Crippen LogP) is 4.22. The number of fused-ring (bicyclic) bond motifs is 1. The second-order valence-corrected chi connectivity index (χ2v) is 6.70. The molecule has 0 aliphatic heterocycles. The van der Waals surface area contributed by atoms with Crippen LogP contribution < -0.4 is 15.5 Å². The number of aromatic hydroxyl groups is 1. The highest BCUT2D eigenvalue weighted by molar-refractivity contribution is 6.42. The Morgan fingerprint density at radius 3 is 2.53 bits per heavy atom. The molecule has 0 fully saturated rings. The van der Waals surface area contributed by atoms with Crippen LogP contribution in [0.4, 0.5) is 17.3 Å². The first-order valence-corrected chi connectivity index (χ1v) is 9.17. The van der Waals surface area contributed by atoms with Gasteiger partial charge in [0, 0.05) is 11.3 Å². The summed E-state index contributed by atoms with van der Waals surface area (Å²) in [6.45, 7) is 0. The minimum absolute atomic E-state index is 0.0396. The first-order valence-electron chi connectivity index (χ1n) is 8.42. The number of hydrogen-bond acceptors (Lipinski definition) is 10. The van der Waals surface area contributed by atoms with Crippen LogP contribution in [-0.4, -0.2) is 38.7 Å². The Morgan fingerprint density at radius 1 is 1.03 bits per heavy atom. The van der Waals surface area contributed by atoms with E-state index in [1.807, 2.05) is 0 Å². The summed E-state index contributed by atoms with van der Waals surface area (Å²) in [7, 11) is 1.53. The number of ether oxygens (including phenoxy) is 1. The molecule has 152 valence electrons. The lowest BCUT2D eigenvalue weighted by molar-refractivity contribution is 0.314. The number of anilines is 3. The third-order valence-electron chi connectivity index (χ3n) is 3.91. The van der Waals surface area contributed by atoms with E-state index in [1.165, 1.54) is 19.4 Å². The van der Waals surface area contributed by atoms with E-state index in [0.717, 1.165) is 0 Å². The molecule has 0 unspecified atom stereocenters. The Balaban J connectivity index is 1.64. The highest BCUT2D eigenvalue weighted by Gasteiger charge is 2.13. The molecule has 3 N–H and O–H groups in total. The minimum Gasteiger partial charge on any atom is -0.507 e. The number of hydrazone groups is 1. The fraction of sp³-hybridized carbons (Fsp3) is 0.0556. The third kappa shape index (κ3) is 4.19. The van der Waals surface area contributed by atoms with Gasteiger partial charge in [-0.1, -0.05) is 23.2 Å². The molecule has 0 spiro atoms. The topological polar surface area (TPSA) is 131 Å². The van der Waals surface area contributed by atoms with Gasteiger partial charge in [-0.15, -0.1) is 0 Å². The third-order valence-corrected chi connectivity index (χ3v) is 4.64. The van der Waals surface area contributed by atoms with E-state index < -0.39 is 0 Å². The van der Waals surface area contributed by atoms with Crippen molar-refractivity contribution >= 4 is 58.0 Å². The van der Waals surface area contributed by atoms with Crippen LogP contribution in [0.2, 0.25) is 10.0 Å². The van der Waals surface area contributed by atoms with Crippen molar-refractivity contribution < 1.29 is 14.5 Å². The van der Waals surface area contributed by atoms with Gasteiger partial charge in [0.15, 0.2) is 11.6 Å². The number of rotatable bonds is 6. The van der Waals surface area contributed by atoms with Crippen LogP contribution in [0.3, 0.4) is 0 Å². The van der Waals surface area contributed by atoms with E-state index >= 15 is 0 Å². The molecule has 0 saturated carbocycles. The smallest absolute Gasteiger partial charge is 0.245 e. The maximum atomic E-state index is 9.97. The summed E-state index contributed by atoms with van der Waals surface area (Å²) in [4.78, 5) is 8.63. The van der Waals surface area contributed by atoms with Crippen LogP contribution in [-0.2, 0) is 0 Å². The Kier molecular flexibility index (Phi) is 5.50. The molecular formula is C18H13Cl2N7O3. The van der Waals surface area contributed by atoms with Crippen molar-refractivity contribution in [1.29, 1.82) is 0 Å². The number of benzene rings is 2. The van der Waals surface area contributed by atoms with E-state index in [0.29, 0.717) is 32.9 Å². The maximum Gasteiger partial charge on any atom is 0.245 e. The molecule has 2 aromatic heterocycles. The summed E-state index contributed by atoms with van der Waals surface area (Å²) in [6.07, 6.45) is 1.41. The zero-order valence-electron chi connectivity index (χ0n) is 15.3. The Hall–Kier alpha value is -3.63. The molecule has 0 bridgehead atoms. The van der Waals surface area contributed by atoms with E-state index in [9.17, 15) is 5.11 Å². The summed E-state index contributed by atoms with van der Waals surface area (Å²) in [5, 5.41) is 25.3. The number of halogens is 2. The molecule has 0 aliphatic rings. The SMILES string of the molecule is COc1ccc(O)c(C=NNc2nc3nonc3nc2Nc2ccc(Cl)c(Cl)c2)c1. The van der Waals surface area contributed by atoms with E-state index in [2.05, 4.69) is 40.8 Å². The first-order chi connectivity index (χ1) is 14.5. The van der Waals surface area contributed by atoms with Gasteiger partial charge >= 0.3 is 0 Å². The lowest BCUT2D eigenvalue weighted by Gasteiger charge is -2.10. The van der Waals surface area contributed by atoms with E-state index in [-0.39, 0.29) is 22.9 Å². The van der Waals surface area contributed by atoms with Gasteiger partial charge in [0.05, 0.1) is 23.4 Å². The van der Waals surface area contributed by atoms with Gasteiger partial charge in [0.2, 0.25) is 11.3 Å². The molecule has 0 atom stereocenters. The number of phenols is 1. The Labute approximate surface area is 179 Å². The van der Waals surface area contributed by atoms with Gasteiger partial charge in [-0.05, 0) is 46.7 Å². The number of phenolic OH excluding ortho intramolecular Hbond substituents is 1. The monoisotopic (exact) mass is 445 g/mol. The van der Waals surface area contributed by atoms with Gasteiger partial charge in [0.1, 0.15) is 11.5 Å². The number of aromatic nitrogens is 4. The second-order valence-electron chi connectivity index (χ2n) is 5.88. The van der Waals surface area contributed by atoms with Crippen molar-refractivity contribution in [2.75, 3.05) is 17.9 Å². The van der Waals surface area contributed by atoms with E-state index in [1.54, 1.807) is 30.3 Å². The van der Waals surface area contributed by atoms with Crippen LogP contribution in [0.15, 0.2) is 46.1 Å². The zero-order chi connectivity index (χ0) is 21.1. The van der Waals surface area contributed by atoms with E-state index in [4.69, 9.17) is 27.9 Å². The average molecular weight is 446 g/mol. The second kappa shape index (κ2) is 8.39. The minimum atomic E-state index is 0.0396. The Bertz CT molecular complexity index is 1250. The maximum absolute atomic E-state index is 9.97. The summed E-state index contributed by atoms with van der Waals surface area (Å²) >= 11 is 12.0. The normalized spacial score (nSPS) is 11.2. The summed E-state index contributed by atoms with van der Waals surface area (Å²) in [5.41, 5.74) is 4.23. The number of methoxy groups -OCH3 is 1. The summed E-state index contributed by atoms with van der Waals surface area (Å²) in [6, 6.07) is 9.78. The van der Waals surface area contributed by atoms with Crippen molar-refractivity contribution in [3.05, 3.63) is 52.0 Å². The number of hydrogen-bond donors (Lipinski definition) is 3. The molecule has 2 aromatic carbocycles. The lowest BCUT2D eigenvalue weighted by Crippen LogP contribution is -2.03. The van der Waals surface area contributed by atoms with Crippen LogP contribution in [0.25, 0.3) is 11.3 Å². The summed E-state index contributed by atoms with van der Waals surface area (Å²) < 4.78 is 9.82. The van der Waals surface area contributed by atoms with Crippen molar-refractivity contribution in [1.82, 2.24) is 20.3 Å². The van der Waals surface area contributed by atoms with Gasteiger partial charge < -0.3 is 15.2 Å².